The number of benzene rings is 2. The Hall–Kier alpha value is -4.84. The number of hydrogen-bond donors (Lipinski definition) is 4. The van der Waals surface area contributed by atoms with E-state index in [0.29, 0.717) is 43.7 Å². The van der Waals surface area contributed by atoms with E-state index < -0.39 is 41.3 Å². The Balaban J connectivity index is 0.000000507. The van der Waals surface area contributed by atoms with E-state index in [1.54, 1.807) is 13.0 Å². The van der Waals surface area contributed by atoms with Gasteiger partial charge < -0.3 is 30.5 Å². The van der Waals surface area contributed by atoms with E-state index in [-0.39, 0.29) is 31.2 Å². The van der Waals surface area contributed by atoms with Gasteiger partial charge in [0, 0.05) is 12.5 Å². The topological polar surface area (TPSA) is 172 Å². The van der Waals surface area contributed by atoms with Crippen LogP contribution in [0.4, 0.5) is 0 Å². The van der Waals surface area contributed by atoms with Crippen molar-refractivity contribution in [1.82, 2.24) is 26.4 Å². The van der Waals surface area contributed by atoms with Crippen molar-refractivity contribution in [3.63, 3.8) is 0 Å². The molecule has 0 saturated carbocycles. The van der Waals surface area contributed by atoms with Gasteiger partial charge in [0.15, 0.2) is 5.78 Å². The van der Waals surface area contributed by atoms with Crippen LogP contribution in [0.25, 0.3) is 0 Å². The Bertz CT molecular complexity index is 1540. The highest BCUT2D eigenvalue weighted by molar-refractivity contribution is 5.97. The Morgan fingerprint density at radius 3 is 1.85 bits per heavy atom. The van der Waals surface area contributed by atoms with E-state index in [1.165, 1.54) is 11.1 Å². The molecule has 4 amide bonds. The first-order chi connectivity index (χ1) is 24.8. The number of carbonyl (C=O) groups is 5. The third-order valence-corrected chi connectivity index (χ3v) is 8.05. The van der Waals surface area contributed by atoms with Crippen molar-refractivity contribution in [1.29, 1.82) is 0 Å². The summed E-state index contributed by atoms with van der Waals surface area (Å²) in [5.41, 5.74) is 2.33. The summed E-state index contributed by atoms with van der Waals surface area (Å²) >= 11 is 0. The number of aryl methyl sites for hydroxylation is 3. The number of rotatable bonds is 17. The molecule has 1 aliphatic heterocycles. The van der Waals surface area contributed by atoms with Gasteiger partial charge in [-0.2, -0.15) is 0 Å². The van der Waals surface area contributed by atoms with Gasteiger partial charge in [-0.05, 0) is 44.6 Å². The van der Waals surface area contributed by atoms with Crippen molar-refractivity contribution in [2.24, 2.45) is 5.92 Å². The molecule has 1 aliphatic rings. The predicted octanol–water partition coefficient (Wildman–Crippen LogP) is 4.43. The molecule has 1 aromatic heterocycles. The second-order valence-corrected chi connectivity index (χ2v) is 13.3. The van der Waals surface area contributed by atoms with Crippen LogP contribution in [0.2, 0.25) is 0 Å². The number of hydrogen-bond acceptors (Lipinski definition) is 8. The zero-order chi connectivity index (χ0) is 38.5. The third-order valence-electron chi connectivity index (χ3n) is 8.05. The number of amides is 4. The zero-order valence-electron chi connectivity index (χ0n) is 31.8. The maximum atomic E-state index is 12.7. The number of aromatic nitrogens is 1. The quantitative estimate of drug-likeness (QED) is 0.149. The Morgan fingerprint density at radius 1 is 0.808 bits per heavy atom. The van der Waals surface area contributed by atoms with Gasteiger partial charge in [-0.1, -0.05) is 112 Å². The molecule has 3 aromatic rings. The summed E-state index contributed by atoms with van der Waals surface area (Å²) < 4.78 is 10.3. The molecule has 1 unspecified atom stereocenters. The first kappa shape index (κ1) is 43.3. The van der Waals surface area contributed by atoms with Crippen LogP contribution in [0.15, 0.2) is 71.3 Å². The monoisotopic (exact) mass is 719 g/mol. The van der Waals surface area contributed by atoms with Gasteiger partial charge in [-0.25, -0.2) is 0 Å². The van der Waals surface area contributed by atoms with Crippen LogP contribution in [0.1, 0.15) is 83.4 Å². The van der Waals surface area contributed by atoms with Gasteiger partial charge in [0.25, 0.3) is 0 Å². The Labute approximate surface area is 308 Å². The van der Waals surface area contributed by atoms with E-state index in [1.807, 2.05) is 52.0 Å². The second-order valence-electron chi connectivity index (χ2n) is 13.3. The average Bonchev–Trinajstić information content (AvgIpc) is 3.73. The fourth-order valence-corrected chi connectivity index (χ4v) is 4.92. The van der Waals surface area contributed by atoms with Crippen LogP contribution in [0.3, 0.4) is 0 Å². The fraction of sp³-hybridized carbons (Fsp3) is 0.500. The number of ketones is 1. The van der Waals surface area contributed by atoms with Crippen molar-refractivity contribution in [3.05, 3.63) is 89.3 Å². The van der Waals surface area contributed by atoms with Crippen molar-refractivity contribution in [2.45, 2.75) is 105 Å². The van der Waals surface area contributed by atoms with Gasteiger partial charge in [0.2, 0.25) is 23.6 Å². The van der Waals surface area contributed by atoms with Crippen LogP contribution >= 0.6 is 0 Å². The van der Waals surface area contributed by atoms with Crippen LogP contribution in [0, 0.1) is 12.8 Å². The summed E-state index contributed by atoms with van der Waals surface area (Å²) in [5.74, 6) is -1.35. The van der Waals surface area contributed by atoms with Gasteiger partial charge in [0.1, 0.15) is 17.4 Å². The molecule has 12 nitrogen and oxygen atoms in total. The molecule has 2 heterocycles. The Kier molecular flexibility index (Phi) is 19.1. The van der Waals surface area contributed by atoms with Crippen LogP contribution in [-0.2, 0) is 48.0 Å². The van der Waals surface area contributed by atoms with Gasteiger partial charge >= 0.3 is 0 Å². The minimum atomic E-state index is -0.878. The van der Waals surface area contributed by atoms with Crippen LogP contribution in [-0.4, -0.2) is 71.9 Å². The van der Waals surface area contributed by atoms with Crippen molar-refractivity contribution >= 4 is 29.4 Å². The lowest BCUT2D eigenvalue weighted by Crippen LogP contribution is -2.53. The van der Waals surface area contributed by atoms with E-state index in [4.69, 9.17) is 9.26 Å². The molecule has 2 aromatic carbocycles. The van der Waals surface area contributed by atoms with E-state index in [9.17, 15) is 24.0 Å². The molecule has 0 spiro atoms. The summed E-state index contributed by atoms with van der Waals surface area (Å²) in [6.45, 7) is 13.2. The van der Waals surface area contributed by atoms with Crippen LogP contribution in [0.5, 0.6) is 0 Å². The number of Topliss-reactive ketones (excluding diaryl/α,β-unsaturated/α-hetero) is 1. The standard InChI is InChI=1S/C25H39N5O7.C8H10.C7H8/c1-6-8-18(28-21(32)12-26-20(31)11-16-10-17(7-2)37-30-16)24(35)27-13-22(33)29-19(9-15(3)4)23(34)25(5)14-36-25;1-2-8-6-4-3-5-7-8;1-7-5-3-2-4-6-7/h10,15,18-19H,6-9,11-14H2,1-5H3,(H,26,31)(H,27,35)(H,28,32)(H,29,33);3-7H,2H2,1H3;2-6H,1H3/t18-,19-,25?;;/m0../s1. The minimum absolute atomic E-state index is 0.0314. The molecule has 0 radical (unpaired) electrons. The number of nitrogens with one attached hydrogen (secondary N) is 4. The molecule has 52 heavy (non-hydrogen) atoms. The number of carbonyl (C=O) groups excluding carboxylic acids is 5. The smallest absolute Gasteiger partial charge is 0.243 e. The fourth-order valence-electron chi connectivity index (χ4n) is 4.92. The maximum Gasteiger partial charge on any atom is 0.243 e. The second kappa shape index (κ2) is 22.9. The Morgan fingerprint density at radius 2 is 1.38 bits per heavy atom. The van der Waals surface area contributed by atoms with Crippen molar-refractivity contribution in [3.8, 4) is 0 Å². The SMILES string of the molecule is CCC[C@H](NC(=O)CNC(=O)Cc1cc(CC)on1)C(=O)NCC(=O)N[C@@H](CC(C)C)C(=O)C1(C)CO1.CCc1ccccc1.Cc1ccccc1. The van der Waals surface area contributed by atoms with Crippen molar-refractivity contribution < 1.29 is 33.2 Å². The van der Waals surface area contributed by atoms with Crippen LogP contribution < -0.4 is 21.3 Å². The summed E-state index contributed by atoms with van der Waals surface area (Å²) in [6.07, 6.45) is 3.17. The normalized spacial score (nSPS) is 15.4. The summed E-state index contributed by atoms with van der Waals surface area (Å²) in [4.78, 5) is 62.2. The molecule has 0 aliphatic carbocycles. The zero-order valence-corrected chi connectivity index (χ0v) is 31.8. The van der Waals surface area contributed by atoms with E-state index >= 15 is 0 Å². The van der Waals surface area contributed by atoms with Crippen molar-refractivity contribution in [2.75, 3.05) is 19.7 Å². The highest BCUT2D eigenvalue weighted by atomic mass is 16.6. The summed E-state index contributed by atoms with van der Waals surface area (Å²) in [7, 11) is 0. The van der Waals surface area contributed by atoms with E-state index in [0.717, 1.165) is 6.42 Å². The summed E-state index contributed by atoms with van der Waals surface area (Å²) in [5, 5.41) is 14.1. The molecule has 4 N–H and O–H groups in total. The lowest BCUT2D eigenvalue weighted by Gasteiger charge is -2.22. The number of ether oxygens (including phenoxy) is 1. The molecule has 284 valence electrons. The van der Waals surface area contributed by atoms with Gasteiger partial charge in [0.05, 0.1) is 37.9 Å². The first-order valence-corrected chi connectivity index (χ1v) is 18.1. The first-order valence-electron chi connectivity index (χ1n) is 18.1. The average molecular weight is 720 g/mol. The molecule has 12 heteroatoms. The van der Waals surface area contributed by atoms with Gasteiger partial charge in [-0.15, -0.1) is 0 Å². The highest BCUT2D eigenvalue weighted by Crippen LogP contribution is 2.29. The molecule has 4 rings (SSSR count). The molecule has 1 saturated heterocycles. The lowest BCUT2D eigenvalue weighted by atomic mass is 9.93. The lowest BCUT2D eigenvalue weighted by molar-refractivity contribution is -0.132. The molecule has 0 bridgehead atoms. The highest BCUT2D eigenvalue weighted by Gasteiger charge is 2.50. The predicted molar refractivity (Wildman–Crippen MR) is 200 cm³/mol. The minimum Gasteiger partial charge on any atom is -0.361 e. The largest absolute Gasteiger partial charge is 0.361 e. The third kappa shape index (κ3) is 16.9. The molecular formula is C40H57N5O7. The molecular weight excluding hydrogens is 662 g/mol. The van der Waals surface area contributed by atoms with Gasteiger partial charge in [-0.3, -0.25) is 24.0 Å². The molecule has 3 atom stereocenters. The maximum absolute atomic E-state index is 12.7. The summed E-state index contributed by atoms with van der Waals surface area (Å²) in [6, 6.07) is 20.8. The molecule has 1 fully saturated rings. The number of epoxide rings is 1. The number of nitrogens with zero attached hydrogens (tertiary/aromatic N) is 1. The van der Waals surface area contributed by atoms with E-state index in [2.05, 4.69) is 76.7 Å².